The number of rotatable bonds is 7. The van der Waals surface area contributed by atoms with Crippen LogP contribution >= 0.6 is 11.3 Å². The molecule has 8 heteroatoms. The summed E-state index contributed by atoms with van der Waals surface area (Å²) in [6, 6.07) is 0. The van der Waals surface area contributed by atoms with Gasteiger partial charge in [-0.05, 0) is 20.3 Å². The lowest BCUT2D eigenvalue weighted by atomic mass is 10.3. The molecule has 18 heavy (non-hydrogen) atoms. The number of esters is 1. The highest BCUT2D eigenvalue weighted by atomic mass is 32.2. The number of nitrogens with one attached hydrogen (secondary N) is 1. The summed E-state index contributed by atoms with van der Waals surface area (Å²) in [6.07, 6.45) is 1.95. The van der Waals surface area contributed by atoms with Gasteiger partial charge in [0.25, 0.3) is 10.0 Å². The summed E-state index contributed by atoms with van der Waals surface area (Å²) in [5.74, 6) is -0.315. The number of aromatic nitrogens is 1. The Labute approximate surface area is 110 Å². The molecule has 1 aromatic rings. The third-order valence-electron chi connectivity index (χ3n) is 2.02. The Bertz CT molecular complexity index is 496. The fourth-order valence-corrected chi connectivity index (χ4v) is 3.44. The van der Waals surface area contributed by atoms with Gasteiger partial charge in [-0.25, -0.2) is 18.1 Å². The van der Waals surface area contributed by atoms with Gasteiger partial charge < -0.3 is 4.74 Å². The second-order valence-corrected chi connectivity index (χ2v) is 6.73. The zero-order chi connectivity index (χ0) is 13.6. The zero-order valence-electron chi connectivity index (χ0n) is 10.3. The van der Waals surface area contributed by atoms with Crippen molar-refractivity contribution in [2.45, 2.75) is 30.9 Å². The van der Waals surface area contributed by atoms with Gasteiger partial charge in [0.1, 0.15) is 0 Å². The first-order valence-corrected chi connectivity index (χ1v) is 7.83. The molecule has 0 saturated heterocycles. The number of carbonyl (C=O) groups is 1. The fourth-order valence-electron chi connectivity index (χ4n) is 1.21. The minimum atomic E-state index is -3.50. The van der Waals surface area contributed by atoms with E-state index < -0.39 is 10.0 Å². The molecule has 0 spiro atoms. The highest BCUT2D eigenvalue weighted by Crippen LogP contribution is 2.17. The summed E-state index contributed by atoms with van der Waals surface area (Å²) in [7, 11) is -3.50. The highest BCUT2D eigenvalue weighted by Gasteiger charge is 2.16. The van der Waals surface area contributed by atoms with Crippen LogP contribution in [0.2, 0.25) is 0 Å². The summed E-state index contributed by atoms with van der Waals surface area (Å²) in [6.45, 7) is 4.01. The van der Waals surface area contributed by atoms with Crippen molar-refractivity contribution in [1.82, 2.24) is 9.71 Å². The molecule has 0 aliphatic heterocycles. The fraction of sp³-hybridized carbons (Fsp3) is 0.600. The third kappa shape index (κ3) is 4.71. The topological polar surface area (TPSA) is 85.4 Å². The summed E-state index contributed by atoms with van der Waals surface area (Å²) in [5.41, 5.74) is 0. The average molecular weight is 292 g/mol. The van der Waals surface area contributed by atoms with Crippen LogP contribution in [0.15, 0.2) is 10.4 Å². The summed E-state index contributed by atoms with van der Waals surface area (Å²) in [5, 5.41) is 0.696. The molecule has 0 atom stereocenters. The highest BCUT2D eigenvalue weighted by molar-refractivity contribution is 7.91. The lowest BCUT2D eigenvalue weighted by molar-refractivity contribution is -0.143. The quantitative estimate of drug-likeness (QED) is 0.600. The van der Waals surface area contributed by atoms with Crippen LogP contribution in [-0.2, 0) is 19.6 Å². The van der Waals surface area contributed by atoms with E-state index in [-0.39, 0.29) is 23.1 Å². The van der Waals surface area contributed by atoms with Crippen molar-refractivity contribution in [3.63, 3.8) is 0 Å². The van der Waals surface area contributed by atoms with Crippen molar-refractivity contribution < 1.29 is 17.9 Å². The van der Waals surface area contributed by atoms with Gasteiger partial charge in [0, 0.05) is 13.0 Å². The van der Waals surface area contributed by atoms with Crippen LogP contribution in [-0.4, -0.2) is 32.5 Å². The number of ether oxygens (including phenoxy) is 1. The van der Waals surface area contributed by atoms with E-state index in [0.717, 1.165) is 11.3 Å². The van der Waals surface area contributed by atoms with Gasteiger partial charge in [-0.1, -0.05) is 0 Å². The molecule has 0 aliphatic rings. The zero-order valence-corrected chi connectivity index (χ0v) is 11.9. The van der Waals surface area contributed by atoms with E-state index in [0.29, 0.717) is 18.0 Å². The summed E-state index contributed by atoms with van der Waals surface area (Å²) >= 11 is 1.11. The Morgan fingerprint density at radius 1 is 1.56 bits per heavy atom. The predicted octanol–water partition coefficient (Wildman–Crippen LogP) is 1.07. The van der Waals surface area contributed by atoms with E-state index in [1.165, 1.54) is 6.20 Å². The molecule has 0 unspecified atom stereocenters. The molecule has 0 aromatic carbocycles. The molecule has 1 heterocycles. The number of carbonyl (C=O) groups excluding carboxylic acids is 1. The number of hydrogen-bond acceptors (Lipinski definition) is 6. The van der Waals surface area contributed by atoms with Crippen molar-refractivity contribution in [3.05, 3.63) is 11.2 Å². The summed E-state index contributed by atoms with van der Waals surface area (Å²) < 4.78 is 30.9. The molecule has 102 valence electrons. The van der Waals surface area contributed by atoms with Gasteiger partial charge in [0.2, 0.25) is 0 Å². The molecular formula is C10H16N2O4S2. The molecule has 6 nitrogen and oxygen atoms in total. The predicted molar refractivity (Wildman–Crippen MR) is 67.9 cm³/mol. The lowest BCUT2D eigenvalue weighted by Gasteiger charge is -2.04. The van der Waals surface area contributed by atoms with Crippen LogP contribution in [0.1, 0.15) is 24.8 Å². The molecule has 0 bridgehead atoms. The van der Waals surface area contributed by atoms with E-state index >= 15 is 0 Å². The van der Waals surface area contributed by atoms with Crippen LogP contribution in [0.3, 0.4) is 0 Å². The van der Waals surface area contributed by atoms with Gasteiger partial charge in [0.15, 0.2) is 4.21 Å². The first-order valence-electron chi connectivity index (χ1n) is 5.53. The van der Waals surface area contributed by atoms with Crippen LogP contribution in [0.4, 0.5) is 0 Å². The minimum absolute atomic E-state index is 0.191. The molecule has 1 aromatic heterocycles. The Kier molecular flexibility index (Phi) is 5.70. The standard InChI is InChI=1S/C10H16N2O4S2/c1-3-16-9(13)5-4-6-12-18(14,15)10-7-11-8(2)17-10/h7,12H,3-6H2,1-2H3. The Morgan fingerprint density at radius 3 is 2.83 bits per heavy atom. The van der Waals surface area contributed by atoms with Gasteiger partial charge in [-0.3, -0.25) is 4.79 Å². The minimum Gasteiger partial charge on any atom is -0.466 e. The van der Waals surface area contributed by atoms with Crippen molar-refractivity contribution in [1.29, 1.82) is 0 Å². The van der Waals surface area contributed by atoms with E-state index in [4.69, 9.17) is 4.74 Å². The monoisotopic (exact) mass is 292 g/mol. The number of aryl methyl sites for hydroxylation is 1. The Hall–Kier alpha value is -0.990. The maximum Gasteiger partial charge on any atom is 0.305 e. The third-order valence-corrected chi connectivity index (χ3v) is 4.85. The average Bonchev–Trinajstić information content (AvgIpc) is 2.72. The Balaban J connectivity index is 2.37. The molecule has 0 saturated carbocycles. The SMILES string of the molecule is CCOC(=O)CCCNS(=O)(=O)c1cnc(C)s1. The van der Waals surface area contributed by atoms with Gasteiger partial charge >= 0.3 is 5.97 Å². The number of sulfonamides is 1. The van der Waals surface area contributed by atoms with E-state index in [9.17, 15) is 13.2 Å². The van der Waals surface area contributed by atoms with E-state index in [1.54, 1.807) is 13.8 Å². The van der Waals surface area contributed by atoms with Crippen molar-refractivity contribution in [2.24, 2.45) is 0 Å². The molecule has 0 amide bonds. The molecule has 0 aliphatic carbocycles. The van der Waals surface area contributed by atoms with Crippen LogP contribution in [0.5, 0.6) is 0 Å². The first kappa shape index (κ1) is 15.1. The number of thiazole rings is 1. The molecule has 1 rings (SSSR count). The molecule has 0 radical (unpaired) electrons. The van der Waals surface area contributed by atoms with E-state index in [1.807, 2.05) is 0 Å². The van der Waals surface area contributed by atoms with Gasteiger partial charge in [-0.15, -0.1) is 11.3 Å². The van der Waals surface area contributed by atoms with Crippen LogP contribution < -0.4 is 4.72 Å². The number of hydrogen-bond donors (Lipinski definition) is 1. The van der Waals surface area contributed by atoms with Crippen LogP contribution in [0, 0.1) is 6.92 Å². The van der Waals surface area contributed by atoms with Crippen LogP contribution in [0.25, 0.3) is 0 Å². The largest absolute Gasteiger partial charge is 0.466 e. The Morgan fingerprint density at radius 2 is 2.28 bits per heavy atom. The number of nitrogens with zero attached hydrogens (tertiary/aromatic N) is 1. The van der Waals surface area contributed by atoms with Gasteiger partial charge in [0.05, 0.1) is 17.8 Å². The first-order chi connectivity index (χ1) is 8.45. The van der Waals surface area contributed by atoms with Crippen molar-refractivity contribution in [2.75, 3.05) is 13.2 Å². The van der Waals surface area contributed by atoms with Crippen molar-refractivity contribution >= 4 is 27.3 Å². The normalized spacial score (nSPS) is 11.4. The smallest absolute Gasteiger partial charge is 0.305 e. The molecular weight excluding hydrogens is 276 g/mol. The lowest BCUT2D eigenvalue weighted by Crippen LogP contribution is -2.24. The maximum atomic E-state index is 11.8. The second-order valence-electron chi connectivity index (χ2n) is 3.50. The van der Waals surface area contributed by atoms with Crippen molar-refractivity contribution in [3.8, 4) is 0 Å². The second kappa shape index (κ2) is 6.81. The summed E-state index contributed by atoms with van der Waals surface area (Å²) in [4.78, 5) is 14.9. The molecule has 1 N–H and O–H groups in total. The van der Waals surface area contributed by atoms with Gasteiger partial charge in [-0.2, -0.15) is 0 Å². The van der Waals surface area contributed by atoms with E-state index in [2.05, 4.69) is 9.71 Å². The molecule has 0 fully saturated rings. The maximum absolute atomic E-state index is 11.8.